The predicted octanol–water partition coefficient (Wildman–Crippen LogP) is 1.75. The second-order valence-corrected chi connectivity index (χ2v) is 9.55. The van der Waals surface area contributed by atoms with E-state index >= 15 is 0 Å². The minimum atomic E-state index is -3.94. The Labute approximate surface area is 153 Å². The molecule has 0 aromatic heterocycles. The predicted molar refractivity (Wildman–Crippen MR) is 97.5 cm³/mol. The smallest absolute Gasteiger partial charge is 0.242 e. The minimum Gasteiger partial charge on any atom is -0.270 e. The van der Waals surface area contributed by atoms with Crippen molar-refractivity contribution in [1.29, 1.82) is 5.26 Å². The molecule has 2 aromatic carbocycles. The van der Waals surface area contributed by atoms with Gasteiger partial charge >= 0.3 is 0 Å². The van der Waals surface area contributed by atoms with Gasteiger partial charge in [-0.15, -0.1) is 0 Å². The van der Waals surface area contributed by atoms with Gasteiger partial charge in [0.2, 0.25) is 20.0 Å². The van der Waals surface area contributed by atoms with Gasteiger partial charge in [0.1, 0.15) is 6.07 Å². The Morgan fingerprint density at radius 3 is 2.42 bits per heavy atom. The van der Waals surface area contributed by atoms with Crippen LogP contribution in [0.15, 0.2) is 53.4 Å². The molecule has 0 fully saturated rings. The van der Waals surface area contributed by atoms with Gasteiger partial charge in [0.15, 0.2) is 0 Å². The molecule has 1 unspecified atom stereocenters. The van der Waals surface area contributed by atoms with Crippen molar-refractivity contribution in [2.45, 2.75) is 17.4 Å². The number of hydrogen-bond acceptors (Lipinski definition) is 5. The summed E-state index contributed by atoms with van der Waals surface area (Å²) in [5, 5.41) is 9.15. The van der Waals surface area contributed by atoms with Gasteiger partial charge in [0.05, 0.1) is 28.4 Å². The first-order chi connectivity index (χ1) is 12.2. The summed E-state index contributed by atoms with van der Waals surface area (Å²) in [6.45, 7) is 0.170. The monoisotopic (exact) mass is 391 g/mol. The molecule has 26 heavy (non-hydrogen) atoms. The van der Waals surface area contributed by atoms with Crippen molar-refractivity contribution in [3.05, 3.63) is 59.7 Å². The summed E-state index contributed by atoms with van der Waals surface area (Å²) in [6, 6.07) is 14.1. The van der Waals surface area contributed by atoms with Crippen LogP contribution in [0.25, 0.3) is 0 Å². The molecule has 0 bridgehead atoms. The number of nitrogens with one attached hydrogen (secondary N) is 1. The third kappa shape index (κ3) is 3.44. The highest BCUT2D eigenvalue weighted by Gasteiger charge is 2.32. The molecule has 1 aliphatic rings. The maximum Gasteiger partial charge on any atom is 0.242 e. The molecule has 1 aliphatic heterocycles. The Balaban J connectivity index is 2.00. The molecule has 0 radical (unpaired) electrons. The molecule has 0 saturated carbocycles. The van der Waals surface area contributed by atoms with Gasteiger partial charge < -0.3 is 0 Å². The van der Waals surface area contributed by atoms with Crippen molar-refractivity contribution in [1.82, 2.24) is 4.72 Å². The van der Waals surface area contributed by atoms with E-state index in [0.717, 1.165) is 6.26 Å². The standard InChI is InChI=1S/C17H17N3O4S2/c1-25(21,22)20-11-10-15(14-7-3-4-8-16(14)20)19-26(23,24)17-9-5-2-6-13(17)12-18/h2-9,15,19H,10-11H2,1H3. The normalized spacial score (nSPS) is 17.4. The van der Waals surface area contributed by atoms with E-state index in [4.69, 9.17) is 5.26 Å². The highest BCUT2D eigenvalue weighted by atomic mass is 32.2. The summed E-state index contributed by atoms with van der Waals surface area (Å²) in [5.74, 6) is 0. The molecule has 1 atom stereocenters. The Morgan fingerprint density at radius 1 is 1.08 bits per heavy atom. The van der Waals surface area contributed by atoms with Crippen LogP contribution in [0.5, 0.6) is 0 Å². The summed E-state index contributed by atoms with van der Waals surface area (Å²) < 4.78 is 53.4. The van der Waals surface area contributed by atoms with E-state index in [1.54, 1.807) is 36.4 Å². The van der Waals surface area contributed by atoms with Crippen LogP contribution in [0.3, 0.4) is 0 Å². The van der Waals surface area contributed by atoms with Crippen molar-refractivity contribution in [3.8, 4) is 6.07 Å². The van der Waals surface area contributed by atoms with Gasteiger partial charge in [-0.2, -0.15) is 5.26 Å². The second kappa shape index (κ2) is 6.72. The Hall–Kier alpha value is -2.41. The Kier molecular flexibility index (Phi) is 4.75. The number of rotatable bonds is 4. The van der Waals surface area contributed by atoms with Gasteiger partial charge in [-0.3, -0.25) is 4.31 Å². The number of sulfonamides is 2. The fraction of sp³-hybridized carbons (Fsp3) is 0.235. The van der Waals surface area contributed by atoms with E-state index < -0.39 is 26.1 Å². The van der Waals surface area contributed by atoms with Crippen LogP contribution < -0.4 is 9.03 Å². The van der Waals surface area contributed by atoms with Gasteiger partial charge in [-0.05, 0) is 30.2 Å². The second-order valence-electron chi connectivity index (χ2n) is 5.96. The van der Waals surface area contributed by atoms with Gasteiger partial charge in [-0.1, -0.05) is 30.3 Å². The number of nitriles is 1. The first-order valence-corrected chi connectivity index (χ1v) is 11.2. The zero-order chi connectivity index (χ0) is 18.9. The first-order valence-electron chi connectivity index (χ1n) is 7.82. The molecule has 0 spiro atoms. The summed E-state index contributed by atoms with van der Waals surface area (Å²) in [5.41, 5.74) is 1.10. The van der Waals surface area contributed by atoms with E-state index in [1.165, 1.54) is 16.4 Å². The maximum absolute atomic E-state index is 12.8. The van der Waals surface area contributed by atoms with Crippen LogP contribution in [0.4, 0.5) is 5.69 Å². The van der Waals surface area contributed by atoms with Gasteiger partial charge in [0.25, 0.3) is 0 Å². The number of benzene rings is 2. The lowest BCUT2D eigenvalue weighted by atomic mass is 9.99. The molecule has 0 saturated heterocycles. The summed E-state index contributed by atoms with van der Waals surface area (Å²) in [7, 11) is -7.39. The van der Waals surface area contributed by atoms with Gasteiger partial charge in [-0.25, -0.2) is 21.6 Å². The molecular formula is C17H17N3O4S2. The number of nitrogens with zero attached hydrogens (tertiary/aromatic N) is 2. The lowest BCUT2D eigenvalue weighted by molar-refractivity contribution is 0.530. The maximum atomic E-state index is 12.8. The van der Waals surface area contributed by atoms with Crippen LogP contribution in [-0.4, -0.2) is 29.6 Å². The summed E-state index contributed by atoms with van der Waals surface area (Å²) in [6.07, 6.45) is 1.41. The topological polar surface area (TPSA) is 107 Å². The molecule has 3 rings (SSSR count). The number of fused-ring (bicyclic) bond motifs is 1. The van der Waals surface area contributed by atoms with Crippen molar-refractivity contribution in [2.75, 3.05) is 17.1 Å². The van der Waals surface area contributed by atoms with E-state index in [0.29, 0.717) is 11.3 Å². The van der Waals surface area contributed by atoms with Crippen molar-refractivity contribution >= 4 is 25.7 Å². The number of hydrogen-bond donors (Lipinski definition) is 1. The lowest BCUT2D eigenvalue weighted by Gasteiger charge is -2.34. The Bertz CT molecular complexity index is 1090. The van der Waals surface area contributed by atoms with Crippen molar-refractivity contribution in [2.24, 2.45) is 0 Å². The molecule has 136 valence electrons. The van der Waals surface area contributed by atoms with Crippen LogP contribution in [-0.2, 0) is 20.0 Å². The van der Waals surface area contributed by atoms with Gasteiger partial charge in [0, 0.05) is 6.54 Å². The third-order valence-electron chi connectivity index (χ3n) is 4.20. The minimum absolute atomic E-state index is 0.0573. The first kappa shape index (κ1) is 18.4. The Morgan fingerprint density at radius 2 is 1.73 bits per heavy atom. The molecular weight excluding hydrogens is 374 g/mol. The highest BCUT2D eigenvalue weighted by Crippen LogP contribution is 2.36. The molecule has 1 N–H and O–H groups in total. The lowest BCUT2D eigenvalue weighted by Crippen LogP contribution is -2.40. The number of para-hydroxylation sites is 1. The molecule has 9 heteroatoms. The largest absolute Gasteiger partial charge is 0.270 e. The molecule has 7 nitrogen and oxygen atoms in total. The molecule has 1 heterocycles. The zero-order valence-electron chi connectivity index (χ0n) is 14.0. The average Bonchev–Trinajstić information content (AvgIpc) is 2.60. The van der Waals surface area contributed by atoms with Crippen LogP contribution in [0, 0.1) is 11.3 Å². The van der Waals surface area contributed by atoms with E-state index in [2.05, 4.69) is 4.72 Å². The van der Waals surface area contributed by atoms with Crippen LogP contribution in [0.1, 0.15) is 23.6 Å². The fourth-order valence-corrected chi connectivity index (χ4v) is 5.41. The number of anilines is 1. The fourth-order valence-electron chi connectivity index (χ4n) is 3.04. The highest BCUT2D eigenvalue weighted by molar-refractivity contribution is 7.92. The van der Waals surface area contributed by atoms with E-state index in [9.17, 15) is 16.8 Å². The van der Waals surface area contributed by atoms with Crippen LogP contribution in [0.2, 0.25) is 0 Å². The van der Waals surface area contributed by atoms with E-state index in [-0.39, 0.29) is 23.4 Å². The van der Waals surface area contributed by atoms with Crippen LogP contribution >= 0.6 is 0 Å². The summed E-state index contributed by atoms with van der Waals surface area (Å²) in [4.78, 5) is -0.0921. The average molecular weight is 391 g/mol. The summed E-state index contributed by atoms with van der Waals surface area (Å²) >= 11 is 0. The SMILES string of the molecule is CS(=O)(=O)N1CCC(NS(=O)(=O)c2ccccc2C#N)c2ccccc21. The van der Waals surface area contributed by atoms with Crippen molar-refractivity contribution < 1.29 is 16.8 Å². The molecule has 0 aliphatic carbocycles. The zero-order valence-corrected chi connectivity index (χ0v) is 15.6. The van der Waals surface area contributed by atoms with E-state index in [1.807, 2.05) is 6.07 Å². The quantitative estimate of drug-likeness (QED) is 0.854. The molecule has 2 aromatic rings. The molecule has 0 amide bonds. The third-order valence-corrected chi connectivity index (χ3v) is 6.91. The van der Waals surface area contributed by atoms with Crippen molar-refractivity contribution in [3.63, 3.8) is 0 Å².